The van der Waals surface area contributed by atoms with Gasteiger partial charge in [-0.2, -0.15) is 11.8 Å². The molecular formula is C11H17ClN2S. The second-order valence-corrected chi connectivity index (χ2v) is 4.92. The Hall–Kier alpha value is -0.220. The predicted octanol–water partition coefficient (Wildman–Crippen LogP) is 2.39. The lowest BCUT2D eigenvalue weighted by atomic mass is 10.1. The van der Waals surface area contributed by atoms with Crippen LogP contribution in [0.4, 0.5) is 0 Å². The Labute approximate surface area is 101 Å². The SMILES string of the molecule is CSCC(Cc1ccc(Cl)c(C)c1)NN. The summed E-state index contributed by atoms with van der Waals surface area (Å²) in [6, 6.07) is 6.44. The van der Waals surface area contributed by atoms with Crippen LogP contribution in [-0.4, -0.2) is 18.1 Å². The van der Waals surface area contributed by atoms with E-state index in [-0.39, 0.29) is 0 Å². The van der Waals surface area contributed by atoms with Crippen LogP contribution in [0.1, 0.15) is 11.1 Å². The molecule has 0 spiro atoms. The highest BCUT2D eigenvalue weighted by atomic mass is 35.5. The third-order valence-electron chi connectivity index (χ3n) is 2.31. The van der Waals surface area contributed by atoms with E-state index in [2.05, 4.69) is 23.8 Å². The molecule has 0 fully saturated rings. The van der Waals surface area contributed by atoms with Crippen LogP contribution in [0.15, 0.2) is 18.2 Å². The Morgan fingerprint density at radius 3 is 2.80 bits per heavy atom. The molecule has 0 saturated heterocycles. The van der Waals surface area contributed by atoms with E-state index in [9.17, 15) is 0 Å². The zero-order chi connectivity index (χ0) is 11.3. The zero-order valence-corrected chi connectivity index (χ0v) is 10.7. The number of rotatable bonds is 5. The summed E-state index contributed by atoms with van der Waals surface area (Å²) in [6.45, 7) is 2.02. The Kier molecular flexibility index (Phi) is 5.47. The second kappa shape index (κ2) is 6.38. The van der Waals surface area contributed by atoms with Gasteiger partial charge in [0.2, 0.25) is 0 Å². The maximum Gasteiger partial charge on any atom is 0.0435 e. The topological polar surface area (TPSA) is 38.0 Å². The minimum absolute atomic E-state index is 0.320. The molecule has 2 nitrogen and oxygen atoms in total. The van der Waals surface area contributed by atoms with Gasteiger partial charge in [-0.25, -0.2) is 0 Å². The molecule has 0 aromatic heterocycles. The van der Waals surface area contributed by atoms with Crippen LogP contribution in [0.5, 0.6) is 0 Å². The van der Waals surface area contributed by atoms with Gasteiger partial charge in [-0.05, 0) is 36.8 Å². The molecule has 1 rings (SSSR count). The minimum Gasteiger partial charge on any atom is -0.271 e. The van der Waals surface area contributed by atoms with Crippen molar-refractivity contribution in [3.05, 3.63) is 34.3 Å². The van der Waals surface area contributed by atoms with Crippen molar-refractivity contribution in [2.75, 3.05) is 12.0 Å². The Morgan fingerprint density at radius 1 is 1.53 bits per heavy atom. The molecule has 15 heavy (non-hydrogen) atoms. The van der Waals surface area contributed by atoms with Gasteiger partial charge in [0.15, 0.2) is 0 Å². The first-order valence-corrected chi connectivity index (χ1v) is 6.64. The van der Waals surface area contributed by atoms with E-state index in [0.717, 1.165) is 22.8 Å². The molecule has 0 saturated carbocycles. The lowest BCUT2D eigenvalue weighted by molar-refractivity contribution is 0.576. The second-order valence-electron chi connectivity index (χ2n) is 3.61. The molecule has 0 aliphatic carbocycles. The summed E-state index contributed by atoms with van der Waals surface area (Å²) in [5.41, 5.74) is 5.22. The molecule has 0 radical (unpaired) electrons. The number of hydrogen-bond donors (Lipinski definition) is 2. The van der Waals surface area contributed by atoms with Gasteiger partial charge in [0.1, 0.15) is 0 Å². The number of benzene rings is 1. The lowest BCUT2D eigenvalue weighted by Gasteiger charge is -2.14. The third-order valence-corrected chi connectivity index (χ3v) is 3.47. The standard InChI is InChI=1S/C11H17ClN2S/c1-8-5-9(3-4-11(8)12)6-10(14-13)7-15-2/h3-5,10,14H,6-7,13H2,1-2H3. The van der Waals surface area contributed by atoms with Gasteiger partial charge in [-0.15, -0.1) is 0 Å². The number of halogens is 1. The lowest BCUT2D eigenvalue weighted by Crippen LogP contribution is -2.38. The van der Waals surface area contributed by atoms with Gasteiger partial charge in [0.05, 0.1) is 0 Å². The number of hydrogen-bond acceptors (Lipinski definition) is 3. The average Bonchev–Trinajstić information content (AvgIpc) is 2.23. The highest BCUT2D eigenvalue weighted by molar-refractivity contribution is 7.98. The number of aryl methyl sites for hydroxylation is 1. The van der Waals surface area contributed by atoms with Crippen LogP contribution in [0.2, 0.25) is 5.02 Å². The summed E-state index contributed by atoms with van der Waals surface area (Å²) in [5.74, 6) is 6.50. The van der Waals surface area contributed by atoms with Crippen LogP contribution < -0.4 is 11.3 Å². The largest absolute Gasteiger partial charge is 0.271 e. The molecule has 0 aliphatic rings. The van der Waals surface area contributed by atoms with Gasteiger partial charge in [-0.1, -0.05) is 23.7 Å². The van der Waals surface area contributed by atoms with Gasteiger partial charge >= 0.3 is 0 Å². The van der Waals surface area contributed by atoms with Crippen molar-refractivity contribution in [1.82, 2.24) is 5.43 Å². The summed E-state index contributed by atoms with van der Waals surface area (Å²) >= 11 is 7.76. The highest BCUT2D eigenvalue weighted by Gasteiger charge is 2.07. The first kappa shape index (κ1) is 12.8. The van der Waals surface area contributed by atoms with E-state index < -0.39 is 0 Å². The molecule has 3 N–H and O–H groups in total. The van der Waals surface area contributed by atoms with Crippen molar-refractivity contribution in [2.45, 2.75) is 19.4 Å². The van der Waals surface area contributed by atoms with Crippen LogP contribution in [-0.2, 0) is 6.42 Å². The van der Waals surface area contributed by atoms with Crippen LogP contribution >= 0.6 is 23.4 Å². The highest BCUT2D eigenvalue weighted by Crippen LogP contribution is 2.17. The summed E-state index contributed by atoms with van der Waals surface area (Å²) in [7, 11) is 0. The molecular weight excluding hydrogens is 228 g/mol. The van der Waals surface area contributed by atoms with Gasteiger partial charge in [0, 0.05) is 16.8 Å². The molecule has 1 unspecified atom stereocenters. The van der Waals surface area contributed by atoms with Gasteiger partial charge < -0.3 is 0 Å². The third kappa shape index (κ3) is 4.03. The quantitative estimate of drug-likeness (QED) is 0.617. The van der Waals surface area contributed by atoms with Gasteiger partial charge in [0.25, 0.3) is 0 Å². The Morgan fingerprint density at radius 2 is 2.27 bits per heavy atom. The molecule has 0 aliphatic heterocycles. The first-order valence-electron chi connectivity index (χ1n) is 4.87. The fourth-order valence-electron chi connectivity index (χ4n) is 1.49. The van der Waals surface area contributed by atoms with Crippen LogP contribution in [0.3, 0.4) is 0 Å². The van der Waals surface area contributed by atoms with Crippen molar-refractivity contribution in [1.29, 1.82) is 0 Å². The van der Waals surface area contributed by atoms with E-state index in [0.29, 0.717) is 6.04 Å². The summed E-state index contributed by atoms with van der Waals surface area (Å²) in [6.07, 6.45) is 3.02. The first-order chi connectivity index (χ1) is 7.17. The maximum atomic E-state index is 5.97. The maximum absolute atomic E-state index is 5.97. The van der Waals surface area contributed by atoms with Crippen LogP contribution in [0, 0.1) is 6.92 Å². The number of hydrazine groups is 1. The number of nitrogens with one attached hydrogen (secondary N) is 1. The summed E-state index contributed by atoms with van der Waals surface area (Å²) < 4.78 is 0. The molecule has 1 aromatic rings. The molecule has 0 amide bonds. The fraction of sp³-hybridized carbons (Fsp3) is 0.455. The fourth-order valence-corrected chi connectivity index (χ4v) is 2.22. The van der Waals surface area contributed by atoms with E-state index in [4.69, 9.17) is 17.4 Å². The number of thioether (sulfide) groups is 1. The van der Waals surface area contributed by atoms with E-state index in [1.807, 2.05) is 13.0 Å². The molecule has 1 aromatic carbocycles. The minimum atomic E-state index is 0.320. The molecule has 4 heteroatoms. The number of nitrogens with two attached hydrogens (primary N) is 1. The van der Waals surface area contributed by atoms with Crippen molar-refractivity contribution in [3.63, 3.8) is 0 Å². The molecule has 0 heterocycles. The molecule has 1 atom stereocenters. The predicted molar refractivity (Wildman–Crippen MR) is 69.4 cm³/mol. The van der Waals surface area contributed by atoms with Crippen LogP contribution in [0.25, 0.3) is 0 Å². The normalized spacial score (nSPS) is 12.8. The van der Waals surface area contributed by atoms with Crippen molar-refractivity contribution in [2.24, 2.45) is 5.84 Å². The molecule has 84 valence electrons. The Balaban J connectivity index is 2.66. The zero-order valence-electron chi connectivity index (χ0n) is 9.09. The van der Waals surface area contributed by atoms with Gasteiger partial charge in [-0.3, -0.25) is 11.3 Å². The monoisotopic (exact) mass is 244 g/mol. The Bertz CT molecular complexity index is 317. The van der Waals surface area contributed by atoms with Crippen molar-refractivity contribution in [3.8, 4) is 0 Å². The average molecular weight is 245 g/mol. The summed E-state index contributed by atoms with van der Waals surface area (Å²) in [5, 5.41) is 0.820. The smallest absolute Gasteiger partial charge is 0.0435 e. The molecule has 0 bridgehead atoms. The van der Waals surface area contributed by atoms with E-state index >= 15 is 0 Å². The van der Waals surface area contributed by atoms with Crippen molar-refractivity contribution < 1.29 is 0 Å². The van der Waals surface area contributed by atoms with E-state index in [1.54, 1.807) is 11.8 Å². The summed E-state index contributed by atoms with van der Waals surface area (Å²) in [4.78, 5) is 0. The van der Waals surface area contributed by atoms with Crippen molar-refractivity contribution >= 4 is 23.4 Å². The van der Waals surface area contributed by atoms with E-state index in [1.165, 1.54) is 5.56 Å².